The molecule has 6 heteroatoms. The van der Waals surface area contributed by atoms with E-state index in [-0.39, 0.29) is 18.0 Å². The van der Waals surface area contributed by atoms with E-state index in [9.17, 15) is 9.59 Å². The molecule has 1 aromatic rings. The predicted molar refractivity (Wildman–Crippen MR) is 64.1 cm³/mol. The molecule has 6 nitrogen and oxygen atoms in total. The minimum absolute atomic E-state index is 0.185. The molecular weight excluding hydrogens is 232 g/mol. The first-order valence-electron chi connectivity index (χ1n) is 5.45. The molecule has 0 saturated heterocycles. The molecule has 0 unspecified atom stereocenters. The maximum Gasteiger partial charge on any atom is 0.270 e. The second kappa shape index (κ2) is 6.35. The molecular formula is C12H14N4O2. The Morgan fingerprint density at radius 1 is 1.56 bits per heavy atom. The fourth-order valence-corrected chi connectivity index (χ4v) is 1.38. The molecule has 0 fully saturated rings. The van der Waals surface area contributed by atoms with Crippen LogP contribution in [0.4, 0.5) is 0 Å². The van der Waals surface area contributed by atoms with Gasteiger partial charge < -0.3 is 11.1 Å². The number of nitrogens with zero attached hydrogens (tertiary/aromatic N) is 2. The Morgan fingerprint density at radius 2 is 2.28 bits per heavy atom. The van der Waals surface area contributed by atoms with Crippen molar-refractivity contribution < 1.29 is 9.59 Å². The summed E-state index contributed by atoms with van der Waals surface area (Å²) in [5, 5.41) is 11.2. The van der Waals surface area contributed by atoms with E-state index in [4.69, 9.17) is 11.0 Å². The Labute approximate surface area is 105 Å². The molecule has 3 N–H and O–H groups in total. The topological polar surface area (TPSA) is 109 Å². The van der Waals surface area contributed by atoms with Gasteiger partial charge in [0.2, 0.25) is 5.91 Å². The second-order valence-corrected chi connectivity index (χ2v) is 3.91. The highest BCUT2D eigenvalue weighted by atomic mass is 16.2. The van der Waals surface area contributed by atoms with Crippen LogP contribution in [0, 0.1) is 17.2 Å². The Kier molecular flexibility index (Phi) is 4.81. The largest absolute Gasteiger partial charge is 0.368 e. The third-order valence-corrected chi connectivity index (χ3v) is 2.36. The van der Waals surface area contributed by atoms with Crippen LogP contribution >= 0.6 is 0 Å². The lowest BCUT2D eigenvalue weighted by molar-refractivity contribution is -0.120. The van der Waals surface area contributed by atoms with Gasteiger partial charge in [0.05, 0.1) is 6.07 Å². The molecule has 0 bridgehead atoms. The standard InChI is InChI=1S/C12H14N4O2/c1-8(7-13)6-10(11(14)17)16-12(18)9-4-2-3-5-15-9/h2-5,8,10H,6H2,1H3,(H2,14,17)(H,16,18)/t8-,10+/m0/s1. The number of aromatic nitrogens is 1. The lowest BCUT2D eigenvalue weighted by Crippen LogP contribution is -2.45. The third kappa shape index (κ3) is 3.87. The summed E-state index contributed by atoms with van der Waals surface area (Å²) in [5.74, 6) is -1.52. The van der Waals surface area contributed by atoms with Gasteiger partial charge in [-0.05, 0) is 25.5 Å². The Balaban J connectivity index is 2.71. The molecule has 0 aliphatic heterocycles. The van der Waals surface area contributed by atoms with Crippen LogP contribution in [0.15, 0.2) is 24.4 Å². The van der Waals surface area contributed by atoms with E-state index in [0.29, 0.717) is 0 Å². The van der Waals surface area contributed by atoms with E-state index in [2.05, 4.69) is 10.3 Å². The van der Waals surface area contributed by atoms with Crippen LogP contribution in [-0.4, -0.2) is 22.8 Å². The number of primary amides is 1. The van der Waals surface area contributed by atoms with Crippen molar-refractivity contribution in [2.75, 3.05) is 0 Å². The predicted octanol–water partition coefficient (Wildman–Crippen LogP) is 0.215. The van der Waals surface area contributed by atoms with E-state index in [1.807, 2.05) is 6.07 Å². The molecule has 1 aromatic heterocycles. The van der Waals surface area contributed by atoms with Gasteiger partial charge in [-0.15, -0.1) is 0 Å². The first-order chi connectivity index (χ1) is 8.54. The summed E-state index contributed by atoms with van der Waals surface area (Å²) >= 11 is 0. The summed E-state index contributed by atoms with van der Waals surface area (Å²) in [6, 6.07) is 6.00. The van der Waals surface area contributed by atoms with Crippen LogP contribution in [0.1, 0.15) is 23.8 Å². The minimum Gasteiger partial charge on any atom is -0.368 e. The van der Waals surface area contributed by atoms with E-state index in [0.717, 1.165) is 0 Å². The van der Waals surface area contributed by atoms with Gasteiger partial charge in [-0.1, -0.05) is 6.07 Å². The van der Waals surface area contributed by atoms with Crippen LogP contribution in [0.3, 0.4) is 0 Å². The van der Waals surface area contributed by atoms with Crippen molar-refractivity contribution in [1.82, 2.24) is 10.3 Å². The summed E-state index contributed by atoms with van der Waals surface area (Å²) in [5.41, 5.74) is 5.38. The molecule has 0 aromatic carbocycles. The van der Waals surface area contributed by atoms with E-state index >= 15 is 0 Å². The number of nitrogens with one attached hydrogen (secondary N) is 1. The fourth-order valence-electron chi connectivity index (χ4n) is 1.38. The summed E-state index contributed by atoms with van der Waals surface area (Å²) in [6.07, 6.45) is 1.66. The van der Waals surface area contributed by atoms with Crippen LogP contribution in [0.25, 0.3) is 0 Å². The van der Waals surface area contributed by atoms with Crippen molar-refractivity contribution in [2.45, 2.75) is 19.4 Å². The van der Waals surface area contributed by atoms with E-state index < -0.39 is 17.9 Å². The molecule has 1 heterocycles. The van der Waals surface area contributed by atoms with Crippen molar-refractivity contribution in [3.8, 4) is 6.07 Å². The van der Waals surface area contributed by atoms with Gasteiger partial charge in [-0.3, -0.25) is 14.6 Å². The highest BCUT2D eigenvalue weighted by Crippen LogP contribution is 2.05. The van der Waals surface area contributed by atoms with Gasteiger partial charge in [0, 0.05) is 12.1 Å². The van der Waals surface area contributed by atoms with Gasteiger partial charge >= 0.3 is 0 Å². The van der Waals surface area contributed by atoms with Crippen molar-refractivity contribution in [2.24, 2.45) is 11.7 Å². The summed E-state index contributed by atoms with van der Waals surface area (Å²) in [4.78, 5) is 26.8. The fraction of sp³-hybridized carbons (Fsp3) is 0.333. The van der Waals surface area contributed by atoms with E-state index in [1.54, 1.807) is 19.1 Å². The highest BCUT2D eigenvalue weighted by Gasteiger charge is 2.21. The zero-order valence-corrected chi connectivity index (χ0v) is 9.96. The molecule has 0 aliphatic rings. The molecule has 0 saturated carbocycles. The Morgan fingerprint density at radius 3 is 2.78 bits per heavy atom. The number of nitriles is 1. The highest BCUT2D eigenvalue weighted by molar-refractivity contribution is 5.95. The third-order valence-electron chi connectivity index (χ3n) is 2.36. The summed E-state index contributed by atoms with van der Waals surface area (Å²) in [6.45, 7) is 1.66. The lowest BCUT2D eigenvalue weighted by atomic mass is 10.0. The van der Waals surface area contributed by atoms with Crippen LogP contribution < -0.4 is 11.1 Å². The number of pyridine rings is 1. The summed E-state index contributed by atoms with van der Waals surface area (Å²) in [7, 11) is 0. The molecule has 2 atom stereocenters. The zero-order chi connectivity index (χ0) is 13.5. The lowest BCUT2D eigenvalue weighted by Gasteiger charge is -2.15. The van der Waals surface area contributed by atoms with Crippen molar-refractivity contribution >= 4 is 11.8 Å². The van der Waals surface area contributed by atoms with Crippen LogP contribution in [-0.2, 0) is 4.79 Å². The second-order valence-electron chi connectivity index (χ2n) is 3.91. The molecule has 2 amide bonds. The van der Waals surface area contributed by atoms with Gasteiger partial charge in [0.25, 0.3) is 5.91 Å². The quantitative estimate of drug-likeness (QED) is 0.774. The number of hydrogen-bond acceptors (Lipinski definition) is 4. The number of hydrogen-bond donors (Lipinski definition) is 2. The van der Waals surface area contributed by atoms with Gasteiger partial charge in [-0.2, -0.15) is 5.26 Å². The normalized spacial score (nSPS) is 13.1. The summed E-state index contributed by atoms with van der Waals surface area (Å²) < 4.78 is 0. The number of carbonyl (C=O) groups excluding carboxylic acids is 2. The number of rotatable bonds is 5. The molecule has 0 spiro atoms. The van der Waals surface area contributed by atoms with Gasteiger partial charge in [-0.25, -0.2) is 0 Å². The van der Waals surface area contributed by atoms with Crippen molar-refractivity contribution in [1.29, 1.82) is 5.26 Å². The van der Waals surface area contributed by atoms with Gasteiger partial charge in [0.15, 0.2) is 0 Å². The average molecular weight is 246 g/mol. The van der Waals surface area contributed by atoms with Crippen molar-refractivity contribution in [3.63, 3.8) is 0 Å². The smallest absolute Gasteiger partial charge is 0.270 e. The number of nitrogens with two attached hydrogens (primary N) is 1. The maximum atomic E-state index is 11.8. The minimum atomic E-state index is -0.867. The number of amides is 2. The molecule has 0 radical (unpaired) electrons. The zero-order valence-electron chi connectivity index (χ0n) is 9.96. The monoisotopic (exact) mass is 246 g/mol. The molecule has 94 valence electrons. The first kappa shape index (κ1) is 13.6. The SMILES string of the molecule is C[C@H](C#N)C[C@@H](NC(=O)c1ccccn1)C(N)=O. The van der Waals surface area contributed by atoms with E-state index in [1.165, 1.54) is 12.3 Å². The number of carbonyl (C=O) groups is 2. The Bertz CT molecular complexity index is 467. The maximum absolute atomic E-state index is 11.8. The van der Waals surface area contributed by atoms with Crippen LogP contribution in [0.5, 0.6) is 0 Å². The molecule has 18 heavy (non-hydrogen) atoms. The Hall–Kier alpha value is -2.42. The first-order valence-corrected chi connectivity index (χ1v) is 5.45. The van der Waals surface area contributed by atoms with Crippen molar-refractivity contribution in [3.05, 3.63) is 30.1 Å². The average Bonchev–Trinajstić information content (AvgIpc) is 2.38. The molecule has 1 rings (SSSR count). The van der Waals surface area contributed by atoms with Gasteiger partial charge in [0.1, 0.15) is 11.7 Å². The molecule has 0 aliphatic carbocycles. The van der Waals surface area contributed by atoms with Crippen LogP contribution in [0.2, 0.25) is 0 Å².